The first-order chi connectivity index (χ1) is 3.31. The molecule has 0 aliphatic carbocycles. The van der Waals surface area contributed by atoms with Crippen LogP contribution in [0.1, 0.15) is 13.3 Å². The van der Waals surface area contributed by atoms with E-state index in [0.717, 1.165) is 0 Å². The number of carbonyl (C=O) groups excluding carboxylic acids is 1. The quantitative estimate of drug-likeness (QED) is 0.377. The number of isothiocyanates is 1. The second-order valence-corrected chi connectivity index (χ2v) is 1.13. The Morgan fingerprint density at radius 1 is 2.00 bits per heavy atom. The molecule has 0 spiro atoms. The molecule has 0 aromatic heterocycles. The molecular formula is C4H5NOS. The Morgan fingerprint density at radius 2 is 2.57 bits per heavy atom. The molecule has 0 saturated heterocycles. The van der Waals surface area contributed by atoms with Crippen molar-refractivity contribution in [3.8, 4) is 0 Å². The minimum atomic E-state index is -0.213. The smallest absolute Gasteiger partial charge is 0.254 e. The SMILES string of the molecule is CCC(=O)N=C=S. The van der Waals surface area contributed by atoms with Crippen LogP contribution in [0.2, 0.25) is 0 Å². The summed E-state index contributed by atoms with van der Waals surface area (Å²) in [6, 6.07) is 0. The molecule has 2 nitrogen and oxygen atoms in total. The lowest BCUT2D eigenvalue weighted by atomic mass is 10.5. The van der Waals surface area contributed by atoms with Crippen molar-refractivity contribution in [2.24, 2.45) is 4.99 Å². The molecular weight excluding hydrogens is 110 g/mol. The minimum absolute atomic E-state index is 0.213. The summed E-state index contributed by atoms with van der Waals surface area (Å²) in [5.74, 6) is -0.213. The number of aliphatic imine (C=N–C) groups is 1. The molecule has 0 aliphatic heterocycles. The van der Waals surface area contributed by atoms with Crippen molar-refractivity contribution < 1.29 is 4.79 Å². The van der Waals surface area contributed by atoms with Gasteiger partial charge in [-0.05, 0) is 12.2 Å². The third kappa shape index (κ3) is 3.30. The van der Waals surface area contributed by atoms with Crippen LogP contribution in [0, 0.1) is 0 Å². The largest absolute Gasteiger partial charge is 0.272 e. The lowest BCUT2D eigenvalue weighted by Gasteiger charge is -1.74. The summed E-state index contributed by atoms with van der Waals surface area (Å²) in [4.78, 5) is 13.3. The number of nitrogens with zero attached hydrogens (tertiary/aromatic N) is 1. The molecule has 0 aromatic rings. The second-order valence-electron chi connectivity index (χ2n) is 0.950. The summed E-state index contributed by atoms with van der Waals surface area (Å²) in [5, 5.41) is 1.98. The van der Waals surface area contributed by atoms with E-state index in [-0.39, 0.29) is 5.91 Å². The molecule has 0 heterocycles. The topological polar surface area (TPSA) is 29.4 Å². The third-order valence-electron chi connectivity index (χ3n) is 0.473. The number of amides is 1. The zero-order chi connectivity index (χ0) is 5.70. The van der Waals surface area contributed by atoms with Gasteiger partial charge in [-0.3, -0.25) is 4.79 Å². The van der Waals surface area contributed by atoms with Crippen molar-refractivity contribution in [3.05, 3.63) is 0 Å². The van der Waals surface area contributed by atoms with Crippen LogP contribution in [-0.4, -0.2) is 11.1 Å². The van der Waals surface area contributed by atoms with E-state index in [1.807, 2.05) is 5.16 Å². The highest BCUT2D eigenvalue weighted by molar-refractivity contribution is 7.78. The van der Waals surface area contributed by atoms with Crippen molar-refractivity contribution in [1.82, 2.24) is 0 Å². The van der Waals surface area contributed by atoms with Gasteiger partial charge in [0.15, 0.2) is 0 Å². The summed E-state index contributed by atoms with van der Waals surface area (Å²) in [7, 11) is 0. The van der Waals surface area contributed by atoms with E-state index in [1.165, 1.54) is 0 Å². The highest BCUT2D eigenvalue weighted by atomic mass is 32.1. The van der Waals surface area contributed by atoms with Crippen LogP contribution in [0.5, 0.6) is 0 Å². The van der Waals surface area contributed by atoms with Crippen molar-refractivity contribution >= 4 is 23.3 Å². The first-order valence-corrected chi connectivity index (χ1v) is 2.32. The molecule has 0 radical (unpaired) electrons. The van der Waals surface area contributed by atoms with E-state index in [1.54, 1.807) is 6.92 Å². The fourth-order valence-corrected chi connectivity index (χ4v) is 0.232. The Balaban J connectivity index is 3.58. The van der Waals surface area contributed by atoms with Gasteiger partial charge in [-0.2, -0.15) is 4.99 Å². The molecule has 0 unspecified atom stereocenters. The number of hydrogen-bond donors (Lipinski definition) is 0. The van der Waals surface area contributed by atoms with E-state index < -0.39 is 0 Å². The van der Waals surface area contributed by atoms with Crippen LogP contribution in [0.25, 0.3) is 0 Å². The highest BCUT2D eigenvalue weighted by Crippen LogP contribution is 1.77. The van der Waals surface area contributed by atoms with E-state index in [9.17, 15) is 4.79 Å². The van der Waals surface area contributed by atoms with E-state index in [4.69, 9.17) is 0 Å². The molecule has 0 atom stereocenters. The average molecular weight is 115 g/mol. The van der Waals surface area contributed by atoms with Crippen molar-refractivity contribution in [3.63, 3.8) is 0 Å². The van der Waals surface area contributed by atoms with Gasteiger partial charge in [-0.15, -0.1) is 0 Å². The Morgan fingerprint density at radius 3 is 2.71 bits per heavy atom. The van der Waals surface area contributed by atoms with Crippen LogP contribution in [-0.2, 0) is 4.79 Å². The van der Waals surface area contributed by atoms with Gasteiger partial charge >= 0.3 is 0 Å². The Kier molecular flexibility index (Phi) is 3.38. The minimum Gasteiger partial charge on any atom is -0.272 e. The normalized spacial score (nSPS) is 7.00. The molecule has 0 rings (SSSR count). The molecule has 0 bridgehead atoms. The Labute approximate surface area is 47.2 Å². The molecule has 0 N–H and O–H groups in total. The third-order valence-corrected chi connectivity index (χ3v) is 0.564. The highest BCUT2D eigenvalue weighted by Gasteiger charge is 1.85. The van der Waals surface area contributed by atoms with E-state index in [2.05, 4.69) is 17.2 Å². The lowest BCUT2D eigenvalue weighted by Crippen LogP contribution is -1.85. The maximum Gasteiger partial charge on any atom is 0.254 e. The van der Waals surface area contributed by atoms with Gasteiger partial charge in [0.05, 0.1) is 5.16 Å². The van der Waals surface area contributed by atoms with Gasteiger partial charge in [-0.25, -0.2) is 0 Å². The fraction of sp³-hybridized carbons (Fsp3) is 0.500. The summed E-state index contributed by atoms with van der Waals surface area (Å²) in [6.45, 7) is 1.72. The van der Waals surface area contributed by atoms with Gasteiger partial charge in [0.2, 0.25) is 0 Å². The van der Waals surface area contributed by atoms with Gasteiger partial charge < -0.3 is 0 Å². The van der Waals surface area contributed by atoms with Gasteiger partial charge in [0.25, 0.3) is 5.91 Å². The monoisotopic (exact) mass is 115 g/mol. The van der Waals surface area contributed by atoms with E-state index >= 15 is 0 Å². The van der Waals surface area contributed by atoms with Crippen molar-refractivity contribution in [2.75, 3.05) is 0 Å². The molecule has 0 aromatic carbocycles. The van der Waals surface area contributed by atoms with Gasteiger partial charge in [0.1, 0.15) is 0 Å². The fourth-order valence-electron chi connectivity index (χ4n) is 0.130. The number of hydrogen-bond acceptors (Lipinski definition) is 2. The molecule has 0 saturated carbocycles. The number of rotatable bonds is 1. The van der Waals surface area contributed by atoms with Crippen molar-refractivity contribution in [2.45, 2.75) is 13.3 Å². The van der Waals surface area contributed by atoms with E-state index in [0.29, 0.717) is 6.42 Å². The predicted molar refractivity (Wildman–Crippen MR) is 30.3 cm³/mol. The summed E-state index contributed by atoms with van der Waals surface area (Å²) >= 11 is 4.16. The van der Waals surface area contributed by atoms with Crippen LogP contribution in [0.4, 0.5) is 0 Å². The van der Waals surface area contributed by atoms with Crippen LogP contribution in [0.3, 0.4) is 0 Å². The lowest BCUT2D eigenvalue weighted by molar-refractivity contribution is -0.117. The maximum atomic E-state index is 10.1. The number of thiocarbonyl (C=S) groups is 1. The molecule has 7 heavy (non-hydrogen) atoms. The Hall–Kier alpha value is -0.530. The summed E-state index contributed by atoms with van der Waals surface area (Å²) in [5.41, 5.74) is 0. The maximum absolute atomic E-state index is 10.1. The number of carbonyl (C=O) groups is 1. The van der Waals surface area contributed by atoms with Crippen molar-refractivity contribution in [1.29, 1.82) is 0 Å². The molecule has 38 valence electrons. The van der Waals surface area contributed by atoms with Crippen LogP contribution < -0.4 is 0 Å². The zero-order valence-electron chi connectivity index (χ0n) is 3.97. The first-order valence-electron chi connectivity index (χ1n) is 1.92. The zero-order valence-corrected chi connectivity index (χ0v) is 4.79. The second kappa shape index (κ2) is 3.65. The standard InChI is InChI=1S/C4H5NOS/c1-2-4(6)5-3-7/h2H2,1H3. The summed E-state index contributed by atoms with van der Waals surface area (Å²) in [6.07, 6.45) is 0.406. The predicted octanol–water partition coefficient (Wildman–Crippen LogP) is 1.03. The molecule has 0 fully saturated rings. The van der Waals surface area contributed by atoms with Gasteiger partial charge in [0, 0.05) is 6.42 Å². The summed E-state index contributed by atoms with van der Waals surface area (Å²) < 4.78 is 0. The first kappa shape index (κ1) is 6.47. The van der Waals surface area contributed by atoms with Crippen LogP contribution >= 0.6 is 12.2 Å². The van der Waals surface area contributed by atoms with Gasteiger partial charge in [-0.1, -0.05) is 6.92 Å². The average Bonchev–Trinajstić information content (AvgIpc) is 1.68. The molecule has 1 amide bonds. The Bertz CT molecular complexity index is 115. The molecule has 0 aliphatic rings. The molecule has 3 heteroatoms. The van der Waals surface area contributed by atoms with Crippen LogP contribution in [0.15, 0.2) is 4.99 Å².